The fraction of sp³-hybridized carbons (Fsp3) is 0.610. The molecule has 0 aliphatic carbocycles. The molecule has 2 aromatic rings. The van der Waals surface area contributed by atoms with E-state index >= 15 is 0 Å². The average Bonchev–Trinajstić information content (AvgIpc) is 0.850. The van der Waals surface area contributed by atoms with Crippen LogP contribution in [0.25, 0.3) is 0 Å². The van der Waals surface area contributed by atoms with E-state index in [0.29, 0.717) is 29.7 Å². The molecule has 0 aliphatic heterocycles. The molecule has 0 saturated heterocycles. The number of phenols is 1. The first-order valence-electron chi connectivity index (χ1n) is 39.3. The molecule has 0 aliphatic rings. The molecular weight excluding hydrogens is 1560 g/mol. The maximum Gasteiger partial charge on any atom is 0.326 e. The van der Waals surface area contributed by atoms with Gasteiger partial charge in [-0.3, -0.25) is 82.1 Å². The van der Waals surface area contributed by atoms with Crippen molar-refractivity contribution in [1.82, 2.24) is 74.4 Å². The standard InChI is InChI=1S/C77H124N20O20S/c1-11-42(7)62(96-74(114)61(41(5)6)95-70(110)50(22-18-33-84-77(82)83)89-72(112)56(38-58(81)100)87-59(101)39-85-66(106)54(37-46-23-25-47(98)26-24-46)93-65(105)48(79)31-34-118-10)75(115)91-51(27-29-57(80)99)68(108)88-49(21-16-17-32-78)67(107)86-44(9)64(104)92-53(35-40(3)4)71(111)90-52(28-30-60(102)103)69(109)94-55(36-45-19-14-13-15-20-45)73(113)97-63(76(116)117)43(8)12-2/h13-15,19-20,23-26,40-44,48-56,61-63,98H,11-12,16-18,21-22,27-39,78-79H2,1-10H3,(H2,80,99)(H2,81,100)(H,85,106)(H,86,107)(H,87,101)(H,88,108)(H,89,112)(H,90,111)(H,91,115)(H,92,104)(H,93,105)(H,94,109)(H,95,110)(H,96,114)(H,97,113)(H,102,103)(H,116,117)(H4,82,83,84)/t42-,43-,44-,48-,49-,50-,51-,52-,53-,54-,55-,56-,61-,62-,63-/m0/s1. The number of carboxylic acid groups (broad SMARTS) is 2. The highest BCUT2D eigenvalue weighted by atomic mass is 32.2. The molecule has 0 radical (unpaired) electrons. The summed E-state index contributed by atoms with van der Waals surface area (Å²) >= 11 is 1.45. The van der Waals surface area contributed by atoms with Crippen molar-refractivity contribution in [3.8, 4) is 5.75 Å². The molecule has 0 bridgehead atoms. The zero-order valence-corrected chi connectivity index (χ0v) is 69.5. The van der Waals surface area contributed by atoms with Crippen LogP contribution in [-0.4, -0.2) is 232 Å². The predicted molar refractivity (Wildman–Crippen MR) is 437 cm³/mol. The molecule has 28 N–H and O–H groups in total. The van der Waals surface area contributed by atoms with E-state index < -0.39 is 241 Å². The molecule has 15 amide bonds. The predicted octanol–water partition coefficient (Wildman–Crippen LogP) is -3.51. The molecule has 0 saturated carbocycles. The van der Waals surface area contributed by atoms with Gasteiger partial charge in [-0.1, -0.05) is 111 Å². The van der Waals surface area contributed by atoms with E-state index in [0.717, 1.165) is 0 Å². The van der Waals surface area contributed by atoms with Crippen LogP contribution in [0.4, 0.5) is 0 Å². The Kier molecular flexibility index (Phi) is 47.0. The second-order valence-electron chi connectivity index (χ2n) is 29.8. The van der Waals surface area contributed by atoms with Crippen LogP contribution in [-0.2, 0) is 94.3 Å². The first-order chi connectivity index (χ1) is 55.5. The molecule has 40 nitrogen and oxygen atoms in total. The number of unbranched alkanes of at least 4 members (excludes halogenated alkanes) is 1. The van der Waals surface area contributed by atoms with Gasteiger partial charge in [-0.15, -0.1) is 0 Å². The smallest absolute Gasteiger partial charge is 0.326 e. The van der Waals surface area contributed by atoms with E-state index in [1.165, 1.54) is 56.8 Å². The molecule has 0 spiro atoms. The van der Waals surface area contributed by atoms with Gasteiger partial charge < -0.3 is 118 Å². The van der Waals surface area contributed by atoms with Crippen molar-refractivity contribution in [3.63, 3.8) is 0 Å². The number of guanidine groups is 1. The number of phenolic OH excluding ortho intramolecular Hbond substituents is 1. The van der Waals surface area contributed by atoms with E-state index in [2.05, 4.69) is 74.4 Å². The number of hydrogen-bond acceptors (Lipinski definition) is 22. The topological polar surface area (TPSA) is 673 Å². The maximum absolute atomic E-state index is 14.6. The minimum Gasteiger partial charge on any atom is -0.508 e. The van der Waals surface area contributed by atoms with E-state index in [-0.39, 0.29) is 82.5 Å². The van der Waals surface area contributed by atoms with Crippen LogP contribution >= 0.6 is 11.8 Å². The van der Waals surface area contributed by atoms with E-state index in [1.54, 1.807) is 71.9 Å². The Morgan fingerprint density at radius 2 is 0.898 bits per heavy atom. The fourth-order valence-corrected chi connectivity index (χ4v) is 12.3. The Hall–Kier alpha value is -11.2. The van der Waals surface area contributed by atoms with Gasteiger partial charge in [-0.05, 0) is 130 Å². The van der Waals surface area contributed by atoms with Crippen LogP contribution in [0.1, 0.15) is 163 Å². The summed E-state index contributed by atoms with van der Waals surface area (Å²) in [4.78, 5) is 232. The Bertz CT molecular complexity index is 3710. The number of primary amides is 2. The third-order valence-electron chi connectivity index (χ3n) is 19.1. The zero-order chi connectivity index (χ0) is 89.1. The van der Waals surface area contributed by atoms with Crippen molar-refractivity contribution in [2.24, 2.45) is 52.3 Å². The van der Waals surface area contributed by atoms with Crippen LogP contribution in [0.2, 0.25) is 0 Å². The number of carbonyl (C=O) groups excluding carboxylic acids is 15. The highest BCUT2D eigenvalue weighted by Crippen LogP contribution is 2.18. The lowest BCUT2D eigenvalue weighted by Gasteiger charge is -2.31. The van der Waals surface area contributed by atoms with E-state index in [9.17, 15) is 96.8 Å². The lowest BCUT2D eigenvalue weighted by molar-refractivity contribution is -0.144. The number of aromatic hydroxyl groups is 1. The van der Waals surface area contributed by atoms with Crippen LogP contribution in [0, 0.1) is 29.1 Å². The number of carbonyl (C=O) groups is 17. The molecule has 658 valence electrons. The van der Waals surface area contributed by atoms with E-state index in [1.807, 2.05) is 6.26 Å². The molecule has 118 heavy (non-hydrogen) atoms. The van der Waals surface area contributed by atoms with Crippen molar-refractivity contribution < 1.29 is 96.8 Å². The third kappa shape index (κ3) is 39.1. The molecular formula is C77H124N20O20S. The second kappa shape index (κ2) is 53.9. The van der Waals surface area contributed by atoms with Gasteiger partial charge in [0.2, 0.25) is 88.6 Å². The van der Waals surface area contributed by atoms with Crippen molar-refractivity contribution >= 4 is 118 Å². The molecule has 2 aromatic carbocycles. The summed E-state index contributed by atoms with van der Waals surface area (Å²) in [5.41, 5.74) is 29.5. The van der Waals surface area contributed by atoms with Gasteiger partial charge in [-0.2, -0.15) is 11.8 Å². The monoisotopic (exact) mass is 1680 g/mol. The Labute approximate surface area is 691 Å². The van der Waals surface area contributed by atoms with Gasteiger partial charge in [0.15, 0.2) is 5.96 Å². The zero-order valence-electron chi connectivity index (χ0n) is 68.7. The fourth-order valence-electron chi connectivity index (χ4n) is 11.8. The van der Waals surface area contributed by atoms with Crippen LogP contribution in [0.15, 0.2) is 54.6 Å². The Morgan fingerprint density at radius 3 is 1.42 bits per heavy atom. The van der Waals surface area contributed by atoms with Gasteiger partial charge in [0.25, 0.3) is 0 Å². The molecule has 15 atom stereocenters. The van der Waals surface area contributed by atoms with Crippen molar-refractivity contribution in [2.75, 3.05) is 31.6 Å². The number of nitrogens with two attached hydrogens (primary N) is 5. The molecule has 2 rings (SSSR count). The number of amides is 15. The highest BCUT2D eigenvalue weighted by Gasteiger charge is 2.39. The van der Waals surface area contributed by atoms with Crippen molar-refractivity contribution in [3.05, 3.63) is 65.7 Å². The average molecular weight is 1680 g/mol. The van der Waals surface area contributed by atoms with Gasteiger partial charge >= 0.3 is 11.9 Å². The summed E-state index contributed by atoms with van der Waals surface area (Å²) in [7, 11) is 0. The van der Waals surface area contributed by atoms with Crippen LogP contribution in [0.3, 0.4) is 0 Å². The van der Waals surface area contributed by atoms with Gasteiger partial charge in [0.05, 0.1) is 19.0 Å². The van der Waals surface area contributed by atoms with Gasteiger partial charge in [0, 0.05) is 32.2 Å². The molecule has 0 fully saturated rings. The molecule has 41 heteroatoms. The Morgan fingerprint density at radius 1 is 0.449 bits per heavy atom. The number of rotatable bonds is 57. The summed E-state index contributed by atoms with van der Waals surface area (Å²) in [6, 6.07) is -5.04. The summed E-state index contributed by atoms with van der Waals surface area (Å²) in [5.74, 6) is -19.5. The van der Waals surface area contributed by atoms with Crippen LogP contribution in [0.5, 0.6) is 5.75 Å². The number of aliphatic carboxylic acids is 2. The van der Waals surface area contributed by atoms with Gasteiger partial charge in [-0.25, -0.2) is 4.79 Å². The van der Waals surface area contributed by atoms with Crippen molar-refractivity contribution in [2.45, 2.75) is 244 Å². The molecule has 0 heterocycles. The summed E-state index contributed by atoms with van der Waals surface area (Å²) in [5, 5.41) is 72.4. The largest absolute Gasteiger partial charge is 0.508 e. The quantitative estimate of drug-likeness (QED) is 0.0173. The summed E-state index contributed by atoms with van der Waals surface area (Å²) in [6.45, 7) is 13.7. The first kappa shape index (κ1) is 103. The van der Waals surface area contributed by atoms with E-state index in [4.69, 9.17) is 34.1 Å². The lowest BCUT2D eigenvalue weighted by atomic mass is 9.95. The van der Waals surface area contributed by atoms with Crippen molar-refractivity contribution in [1.29, 1.82) is 5.41 Å². The second-order valence-corrected chi connectivity index (χ2v) is 30.7. The third-order valence-corrected chi connectivity index (χ3v) is 19.7. The number of thioether (sulfide) groups is 1. The summed E-state index contributed by atoms with van der Waals surface area (Å²) < 4.78 is 0. The summed E-state index contributed by atoms with van der Waals surface area (Å²) in [6.07, 6.45) is -0.437. The first-order valence-corrected chi connectivity index (χ1v) is 40.7. The number of benzene rings is 2. The highest BCUT2D eigenvalue weighted by molar-refractivity contribution is 7.98. The number of nitrogens with one attached hydrogen (secondary N) is 15. The minimum atomic E-state index is -1.79. The number of hydrogen-bond donors (Lipinski definition) is 23. The maximum atomic E-state index is 14.6. The Balaban J connectivity index is 2.47. The SMILES string of the molecule is CC[C@H](C)[C@H](NC(=O)[C@H](Cc1ccccc1)NC(=O)[C@H](CCC(=O)O)NC(=O)[C@H](CC(C)C)NC(=O)[C@H](C)NC(=O)[C@H](CCCCN)NC(=O)[C@H](CCC(N)=O)NC(=O)[C@@H](NC(=O)[C@@H](NC(=O)[C@H](CCCNC(=N)N)NC(=O)[C@H](CC(N)=O)NC(=O)CNC(=O)[C@H](Cc1ccc(O)cc1)NC(=O)[C@@H](N)CCSC)C(C)C)[C@@H](C)CC)C(=O)O. The molecule has 0 aromatic heterocycles. The normalized spacial score (nSPS) is 14.9. The van der Waals surface area contributed by atoms with Crippen LogP contribution < -0.4 is 103 Å². The van der Waals surface area contributed by atoms with Gasteiger partial charge in [0.1, 0.15) is 78.3 Å². The lowest BCUT2D eigenvalue weighted by Crippen LogP contribution is -2.62. The number of carboxylic acids is 2. The minimum absolute atomic E-state index is 0.0192. The molecule has 0 unspecified atom stereocenters.